The van der Waals surface area contributed by atoms with Gasteiger partial charge in [0, 0.05) is 5.71 Å². The van der Waals surface area contributed by atoms with Crippen molar-refractivity contribution in [2.75, 3.05) is 12.0 Å². The zero-order valence-corrected chi connectivity index (χ0v) is 10.1. The Hall–Kier alpha value is -2.11. The van der Waals surface area contributed by atoms with Crippen LogP contribution in [0.4, 0.5) is 11.4 Å². The Morgan fingerprint density at radius 3 is 2.76 bits per heavy atom. The first-order valence-electron chi connectivity index (χ1n) is 5.22. The Bertz CT molecular complexity index is 440. The highest BCUT2D eigenvalue weighted by atomic mass is 16.6. The number of rotatable bonds is 5. The monoisotopic (exact) mass is 237 g/mol. The van der Waals surface area contributed by atoms with E-state index in [0.717, 1.165) is 5.71 Å². The smallest absolute Gasteiger partial charge is 0.297 e. The van der Waals surface area contributed by atoms with Crippen molar-refractivity contribution in [3.63, 3.8) is 0 Å². The Morgan fingerprint density at radius 1 is 1.53 bits per heavy atom. The lowest BCUT2D eigenvalue weighted by Gasteiger charge is -2.06. The average Bonchev–Trinajstić information content (AvgIpc) is 2.27. The molecule has 92 valence electrons. The van der Waals surface area contributed by atoms with E-state index in [-0.39, 0.29) is 5.69 Å². The number of hydrogen-bond acceptors (Lipinski definition) is 5. The number of nitrogens with zero attached hydrogens (tertiary/aromatic N) is 2. The van der Waals surface area contributed by atoms with E-state index in [1.54, 1.807) is 26.0 Å². The van der Waals surface area contributed by atoms with Crippen LogP contribution >= 0.6 is 0 Å². The average molecular weight is 237 g/mol. The molecule has 0 unspecified atom stereocenters. The predicted octanol–water partition coefficient (Wildman–Crippen LogP) is 2.80. The fraction of sp³-hybridized carbons (Fsp3) is 0.364. The standard InChI is InChI=1S/C11H15N3O3/c1-4-17-9-5-6-10(13-12-8(2)3)11(7-9)14(15)16/h5-7,13H,4H2,1-3H3. The summed E-state index contributed by atoms with van der Waals surface area (Å²) in [6.07, 6.45) is 0. The first-order chi connectivity index (χ1) is 8.04. The van der Waals surface area contributed by atoms with Gasteiger partial charge in [-0.15, -0.1) is 0 Å². The van der Waals surface area contributed by atoms with Crippen LogP contribution in [0.15, 0.2) is 23.3 Å². The third-order valence-electron chi connectivity index (χ3n) is 1.88. The fourth-order valence-electron chi connectivity index (χ4n) is 1.19. The minimum Gasteiger partial charge on any atom is -0.494 e. The molecule has 1 rings (SSSR count). The number of ether oxygens (including phenoxy) is 1. The number of nitrogens with one attached hydrogen (secondary N) is 1. The van der Waals surface area contributed by atoms with E-state index >= 15 is 0 Å². The molecule has 0 atom stereocenters. The van der Waals surface area contributed by atoms with Crippen molar-refractivity contribution in [2.24, 2.45) is 5.10 Å². The molecule has 1 aromatic carbocycles. The summed E-state index contributed by atoms with van der Waals surface area (Å²) in [5.74, 6) is 0.474. The maximum atomic E-state index is 10.9. The zero-order chi connectivity index (χ0) is 12.8. The van der Waals surface area contributed by atoms with Crippen LogP contribution in [0.2, 0.25) is 0 Å². The minimum atomic E-state index is -0.467. The second-order valence-corrected chi connectivity index (χ2v) is 3.54. The van der Waals surface area contributed by atoms with E-state index in [1.807, 2.05) is 6.92 Å². The second-order valence-electron chi connectivity index (χ2n) is 3.54. The molecule has 0 aliphatic heterocycles. The van der Waals surface area contributed by atoms with Crippen molar-refractivity contribution in [2.45, 2.75) is 20.8 Å². The van der Waals surface area contributed by atoms with Crippen molar-refractivity contribution in [1.82, 2.24) is 0 Å². The van der Waals surface area contributed by atoms with Crippen molar-refractivity contribution in [3.8, 4) is 5.75 Å². The molecule has 17 heavy (non-hydrogen) atoms. The summed E-state index contributed by atoms with van der Waals surface area (Å²) >= 11 is 0. The highest BCUT2D eigenvalue weighted by molar-refractivity contribution is 5.80. The fourth-order valence-corrected chi connectivity index (χ4v) is 1.19. The molecule has 1 aromatic rings. The van der Waals surface area contributed by atoms with Crippen LogP contribution in [0.3, 0.4) is 0 Å². The van der Waals surface area contributed by atoms with Crippen LogP contribution in [0.25, 0.3) is 0 Å². The van der Waals surface area contributed by atoms with E-state index in [1.165, 1.54) is 6.07 Å². The van der Waals surface area contributed by atoms with Gasteiger partial charge in [-0.25, -0.2) is 0 Å². The lowest BCUT2D eigenvalue weighted by atomic mass is 10.2. The maximum absolute atomic E-state index is 10.9. The molecule has 0 bridgehead atoms. The highest BCUT2D eigenvalue weighted by Crippen LogP contribution is 2.29. The van der Waals surface area contributed by atoms with Gasteiger partial charge in [0.2, 0.25) is 0 Å². The molecule has 0 aliphatic rings. The quantitative estimate of drug-likeness (QED) is 0.485. The van der Waals surface area contributed by atoms with Gasteiger partial charge in [-0.3, -0.25) is 15.5 Å². The van der Waals surface area contributed by atoms with E-state index in [4.69, 9.17) is 4.74 Å². The van der Waals surface area contributed by atoms with Crippen LogP contribution in [0, 0.1) is 10.1 Å². The molecule has 0 aromatic heterocycles. The Balaban J connectivity index is 3.04. The predicted molar refractivity (Wildman–Crippen MR) is 66.7 cm³/mol. The SMILES string of the molecule is CCOc1ccc(NN=C(C)C)c([N+](=O)[O-])c1. The Kier molecular flexibility index (Phi) is 4.45. The first kappa shape index (κ1) is 13.0. The molecule has 0 radical (unpaired) electrons. The molecule has 0 heterocycles. The first-order valence-corrected chi connectivity index (χ1v) is 5.22. The van der Waals surface area contributed by atoms with Crippen LogP contribution < -0.4 is 10.2 Å². The summed E-state index contributed by atoms with van der Waals surface area (Å²) < 4.78 is 5.21. The molecule has 0 aliphatic carbocycles. The summed E-state index contributed by atoms with van der Waals surface area (Å²) in [6, 6.07) is 4.63. The van der Waals surface area contributed by atoms with E-state index in [9.17, 15) is 10.1 Å². The van der Waals surface area contributed by atoms with Gasteiger partial charge in [0.05, 0.1) is 17.6 Å². The Labute approximate surface area is 99.4 Å². The Morgan fingerprint density at radius 2 is 2.24 bits per heavy atom. The summed E-state index contributed by atoms with van der Waals surface area (Å²) in [7, 11) is 0. The lowest BCUT2D eigenvalue weighted by Crippen LogP contribution is -1.99. The van der Waals surface area contributed by atoms with Crippen LogP contribution in [-0.4, -0.2) is 17.2 Å². The maximum Gasteiger partial charge on any atom is 0.297 e. The van der Waals surface area contributed by atoms with E-state index in [2.05, 4.69) is 10.5 Å². The van der Waals surface area contributed by atoms with Gasteiger partial charge in [-0.2, -0.15) is 5.10 Å². The van der Waals surface area contributed by atoms with Crippen LogP contribution in [0.1, 0.15) is 20.8 Å². The number of nitro groups is 1. The van der Waals surface area contributed by atoms with Crippen molar-refractivity contribution < 1.29 is 9.66 Å². The summed E-state index contributed by atoms with van der Waals surface area (Å²) in [4.78, 5) is 10.4. The molecule has 6 heteroatoms. The summed E-state index contributed by atoms with van der Waals surface area (Å²) in [5, 5.41) is 14.8. The third-order valence-corrected chi connectivity index (χ3v) is 1.88. The van der Waals surface area contributed by atoms with Gasteiger partial charge < -0.3 is 4.74 Å². The second kappa shape index (κ2) is 5.83. The van der Waals surface area contributed by atoms with Gasteiger partial charge >= 0.3 is 0 Å². The molecule has 0 saturated heterocycles. The normalized spacial score (nSPS) is 9.59. The van der Waals surface area contributed by atoms with Crippen LogP contribution in [0.5, 0.6) is 5.75 Å². The number of hydrazone groups is 1. The lowest BCUT2D eigenvalue weighted by molar-refractivity contribution is -0.384. The molecular formula is C11H15N3O3. The van der Waals surface area contributed by atoms with Gasteiger partial charge in [-0.05, 0) is 32.9 Å². The number of benzene rings is 1. The molecule has 0 fully saturated rings. The topological polar surface area (TPSA) is 76.8 Å². The van der Waals surface area contributed by atoms with Gasteiger partial charge in [-0.1, -0.05) is 0 Å². The van der Waals surface area contributed by atoms with Gasteiger partial charge in [0.1, 0.15) is 11.4 Å². The summed E-state index contributed by atoms with van der Waals surface area (Å²) in [5.41, 5.74) is 3.73. The van der Waals surface area contributed by atoms with E-state index in [0.29, 0.717) is 18.0 Å². The number of anilines is 1. The third kappa shape index (κ3) is 3.75. The van der Waals surface area contributed by atoms with Gasteiger partial charge in [0.25, 0.3) is 5.69 Å². The number of hydrogen-bond donors (Lipinski definition) is 1. The molecule has 6 nitrogen and oxygen atoms in total. The molecule has 0 amide bonds. The highest BCUT2D eigenvalue weighted by Gasteiger charge is 2.14. The van der Waals surface area contributed by atoms with Crippen LogP contribution in [-0.2, 0) is 0 Å². The van der Waals surface area contributed by atoms with Crippen molar-refractivity contribution in [1.29, 1.82) is 0 Å². The summed E-state index contributed by atoms with van der Waals surface area (Å²) in [6.45, 7) is 5.89. The molecular weight excluding hydrogens is 222 g/mol. The number of nitro benzene ring substituents is 1. The minimum absolute atomic E-state index is 0.0547. The van der Waals surface area contributed by atoms with Crippen molar-refractivity contribution in [3.05, 3.63) is 28.3 Å². The molecule has 0 spiro atoms. The molecule has 0 saturated carbocycles. The van der Waals surface area contributed by atoms with E-state index < -0.39 is 4.92 Å². The zero-order valence-electron chi connectivity index (χ0n) is 10.1. The van der Waals surface area contributed by atoms with Crippen molar-refractivity contribution >= 4 is 17.1 Å². The largest absolute Gasteiger partial charge is 0.494 e. The van der Waals surface area contributed by atoms with Gasteiger partial charge in [0.15, 0.2) is 0 Å². The molecule has 1 N–H and O–H groups in total.